The average molecular weight is 413 g/mol. The molecule has 0 heterocycles. The number of rotatable bonds is 6. The maximum Gasteiger partial charge on any atom is 0.411 e. The molecule has 3 aromatic rings. The molecule has 0 aromatic heterocycles. The van der Waals surface area contributed by atoms with Crippen LogP contribution in [0.1, 0.15) is 11.1 Å². The van der Waals surface area contributed by atoms with E-state index in [1.54, 1.807) is 25.1 Å². The molecule has 1 N–H and O–H groups in total. The number of nitrogens with zero attached hydrogens (tertiary/aromatic N) is 1. The van der Waals surface area contributed by atoms with E-state index in [2.05, 4.69) is 5.32 Å². The van der Waals surface area contributed by atoms with E-state index in [4.69, 9.17) is 21.1 Å². The number of para-hydroxylation sites is 1. The van der Waals surface area contributed by atoms with Gasteiger partial charge < -0.3 is 9.47 Å². The van der Waals surface area contributed by atoms with Crippen molar-refractivity contribution in [2.45, 2.75) is 13.5 Å². The van der Waals surface area contributed by atoms with Crippen LogP contribution in [0.5, 0.6) is 11.5 Å². The average Bonchev–Trinajstić information content (AvgIpc) is 2.70. The molecule has 29 heavy (non-hydrogen) atoms. The van der Waals surface area contributed by atoms with Crippen molar-refractivity contribution in [1.82, 2.24) is 0 Å². The molecule has 3 aromatic carbocycles. The number of amides is 1. The minimum atomic E-state index is -0.741. The summed E-state index contributed by atoms with van der Waals surface area (Å²) in [5.41, 5.74) is 1.50. The number of halogens is 1. The fraction of sp³-hybridized carbons (Fsp3) is 0.0952. The van der Waals surface area contributed by atoms with Gasteiger partial charge in [-0.2, -0.15) is 0 Å². The van der Waals surface area contributed by atoms with Crippen molar-refractivity contribution in [2.24, 2.45) is 0 Å². The molecule has 0 bridgehead atoms. The van der Waals surface area contributed by atoms with Crippen LogP contribution in [0.25, 0.3) is 0 Å². The summed E-state index contributed by atoms with van der Waals surface area (Å²) in [4.78, 5) is 22.8. The number of non-ortho nitro benzene ring substituents is 1. The number of carbonyl (C=O) groups excluding carboxylic acids is 1. The van der Waals surface area contributed by atoms with Crippen LogP contribution in [0.2, 0.25) is 5.02 Å². The molecule has 0 aliphatic heterocycles. The van der Waals surface area contributed by atoms with E-state index in [9.17, 15) is 14.9 Å². The van der Waals surface area contributed by atoms with Gasteiger partial charge in [0.15, 0.2) is 0 Å². The van der Waals surface area contributed by atoms with Crippen LogP contribution in [0.3, 0.4) is 0 Å². The highest BCUT2D eigenvalue weighted by atomic mass is 35.5. The highest BCUT2D eigenvalue weighted by Crippen LogP contribution is 2.35. The monoisotopic (exact) mass is 412 g/mol. The van der Waals surface area contributed by atoms with Crippen molar-refractivity contribution in [3.8, 4) is 11.5 Å². The third-order valence-electron chi connectivity index (χ3n) is 3.95. The Hall–Kier alpha value is -3.58. The number of nitro benzene ring substituents is 1. The quantitative estimate of drug-likeness (QED) is 0.390. The summed E-state index contributed by atoms with van der Waals surface area (Å²) < 4.78 is 10.9. The van der Waals surface area contributed by atoms with E-state index in [-0.39, 0.29) is 23.7 Å². The van der Waals surface area contributed by atoms with Crippen LogP contribution in [0.15, 0.2) is 66.7 Å². The molecule has 0 radical (unpaired) electrons. The summed E-state index contributed by atoms with van der Waals surface area (Å²) in [7, 11) is 0. The van der Waals surface area contributed by atoms with E-state index in [0.717, 1.165) is 11.1 Å². The number of hydrogen-bond acceptors (Lipinski definition) is 5. The van der Waals surface area contributed by atoms with Crippen LogP contribution >= 0.6 is 11.6 Å². The highest BCUT2D eigenvalue weighted by Gasteiger charge is 2.15. The largest absolute Gasteiger partial charge is 0.455 e. The van der Waals surface area contributed by atoms with Gasteiger partial charge in [0, 0.05) is 12.1 Å². The maximum absolute atomic E-state index is 12.1. The van der Waals surface area contributed by atoms with Crippen LogP contribution < -0.4 is 10.1 Å². The Morgan fingerprint density at radius 1 is 1.10 bits per heavy atom. The van der Waals surface area contributed by atoms with Crippen LogP contribution in [-0.4, -0.2) is 11.0 Å². The van der Waals surface area contributed by atoms with E-state index < -0.39 is 11.0 Å². The number of hydrogen-bond donors (Lipinski definition) is 1. The Morgan fingerprint density at radius 3 is 2.55 bits per heavy atom. The van der Waals surface area contributed by atoms with Gasteiger partial charge in [0.05, 0.1) is 21.7 Å². The SMILES string of the molecule is Cc1cccc(Cl)c1Oc1cc(NC(=O)OCc2ccccc2)cc([N+](=O)[O-])c1. The van der Waals surface area contributed by atoms with Crippen molar-refractivity contribution in [3.05, 3.63) is 93.0 Å². The van der Waals surface area contributed by atoms with Crippen molar-refractivity contribution >= 4 is 29.1 Å². The van der Waals surface area contributed by atoms with Crippen LogP contribution in [-0.2, 0) is 11.3 Å². The third-order valence-corrected chi connectivity index (χ3v) is 4.24. The second-order valence-corrected chi connectivity index (χ2v) is 6.55. The van der Waals surface area contributed by atoms with Gasteiger partial charge in [0.25, 0.3) is 5.69 Å². The van der Waals surface area contributed by atoms with Gasteiger partial charge in [0.2, 0.25) is 0 Å². The summed E-state index contributed by atoms with van der Waals surface area (Å²) in [6.07, 6.45) is -0.741. The molecule has 0 atom stereocenters. The number of nitro groups is 1. The van der Waals surface area contributed by atoms with Gasteiger partial charge in [-0.25, -0.2) is 4.79 Å². The molecule has 1 amide bonds. The molecule has 8 heteroatoms. The van der Waals surface area contributed by atoms with E-state index >= 15 is 0 Å². The second-order valence-electron chi connectivity index (χ2n) is 6.15. The number of nitrogens with one attached hydrogen (secondary N) is 1. The molecule has 148 valence electrons. The molecule has 0 saturated heterocycles. The molecule has 0 spiro atoms. The van der Waals surface area contributed by atoms with Gasteiger partial charge in [-0.1, -0.05) is 54.1 Å². The Labute approximate surface area is 172 Å². The zero-order valence-corrected chi connectivity index (χ0v) is 16.2. The number of aryl methyl sites for hydroxylation is 1. The molecule has 0 unspecified atom stereocenters. The Kier molecular flexibility index (Phi) is 6.31. The van der Waals surface area contributed by atoms with Gasteiger partial charge in [0.1, 0.15) is 18.1 Å². The van der Waals surface area contributed by atoms with Gasteiger partial charge in [-0.15, -0.1) is 0 Å². The lowest BCUT2D eigenvalue weighted by atomic mass is 10.2. The Morgan fingerprint density at radius 2 is 1.86 bits per heavy atom. The van der Waals surface area contributed by atoms with Gasteiger partial charge in [-0.05, 0) is 24.1 Å². The number of anilines is 1. The lowest BCUT2D eigenvalue weighted by Crippen LogP contribution is -2.13. The standard InChI is InChI=1S/C21H17ClN2O5/c1-14-6-5-9-19(22)20(14)29-18-11-16(10-17(12-18)24(26)27)23-21(25)28-13-15-7-3-2-4-8-15/h2-12H,13H2,1H3,(H,23,25). The molecule has 7 nitrogen and oxygen atoms in total. The van der Waals surface area contributed by atoms with Gasteiger partial charge in [-0.3, -0.25) is 15.4 Å². The van der Waals surface area contributed by atoms with Gasteiger partial charge >= 0.3 is 6.09 Å². The first-order valence-electron chi connectivity index (χ1n) is 8.62. The van der Waals surface area contributed by atoms with Crippen molar-refractivity contribution in [3.63, 3.8) is 0 Å². The molecule has 0 aliphatic rings. The third kappa shape index (κ3) is 5.46. The number of ether oxygens (including phenoxy) is 2. The lowest BCUT2D eigenvalue weighted by Gasteiger charge is -2.12. The maximum atomic E-state index is 12.1. The smallest absolute Gasteiger partial charge is 0.411 e. The molecule has 0 fully saturated rings. The number of carbonyl (C=O) groups is 1. The minimum Gasteiger partial charge on any atom is -0.455 e. The molecule has 3 rings (SSSR count). The summed E-state index contributed by atoms with van der Waals surface area (Å²) in [5, 5.41) is 14.1. The Balaban J connectivity index is 1.78. The van der Waals surface area contributed by atoms with Crippen molar-refractivity contribution < 1.29 is 19.2 Å². The van der Waals surface area contributed by atoms with Crippen molar-refractivity contribution in [1.29, 1.82) is 0 Å². The summed E-state index contributed by atoms with van der Waals surface area (Å²) >= 11 is 6.16. The number of benzene rings is 3. The molecular formula is C21H17ClN2O5. The molecular weight excluding hydrogens is 396 g/mol. The molecule has 0 saturated carbocycles. The zero-order chi connectivity index (χ0) is 20.8. The first-order chi connectivity index (χ1) is 13.9. The highest BCUT2D eigenvalue weighted by molar-refractivity contribution is 6.32. The Bertz CT molecular complexity index is 1020. The molecule has 0 aliphatic carbocycles. The first-order valence-corrected chi connectivity index (χ1v) is 9.00. The fourth-order valence-electron chi connectivity index (χ4n) is 2.56. The predicted molar refractivity (Wildman–Crippen MR) is 110 cm³/mol. The lowest BCUT2D eigenvalue weighted by molar-refractivity contribution is -0.384. The van der Waals surface area contributed by atoms with E-state index in [0.29, 0.717) is 10.8 Å². The topological polar surface area (TPSA) is 90.7 Å². The first kappa shape index (κ1) is 20.2. The summed E-state index contributed by atoms with van der Waals surface area (Å²) in [6.45, 7) is 1.88. The minimum absolute atomic E-state index is 0.0732. The van der Waals surface area contributed by atoms with E-state index in [1.807, 2.05) is 30.3 Å². The van der Waals surface area contributed by atoms with Crippen LogP contribution in [0.4, 0.5) is 16.2 Å². The van der Waals surface area contributed by atoms with E-state index in [1.165, 1.54) is 18.2 Å². The summed E-state index contributed by atoms with van der Waals surface area (Å²) in [5.74, 6) is 0.543. The van der Waals surface area contributed by atoms with Crippen LogP contribution in [0, 0.1) is 17.0 Å². The van der Waals surface area contributed by atoms with Crippen molar-refractivity contribution in [2.75, 3.05) is 5.32 Å². The fourth-order valence-corrected chi connectivity index (χ4v) is 2.82. The zero-order valence-electron chi connectivity index (χ0n) is 15.4. The second kappa shape index (κ2) is 9.07. The summed E-state index contributed by atoms with van der Waals surface area (Å²) in [6, 6.07) is 18.3. The normalized spacial score (nSPS) is 10.3. The predicted octanol–water partition coefficient (Wildman–Crippen LogP) is 6.10.